The Morgan fingerprint density at radius 3 is 2.14 bits per heavy atom. The van der Waals surface area contributed by atoms with Gasteiger partial charge in [0, 0.05) is 12.3 Å². The molecule has 0 aliphatic carbocycles. The van der Waals surface area contributed by atoms with Gasteiger partial charge >= 0.3 is 0 Å². The maximum atomic E-state index is 12.0. The summed E-state index contributed by atoms with van der Waals surface area (Å²) in [6.45, 7) is 3.17. The SMILES string of the molecule is CCCNCCS(=O)(=O)c1ccc(CCS(=O)(=O)[O-])cc1. The molecule has 8 heteroatoms. The highest BCUT2D eigenvalue weighted by Crippen LogP contribution is 2.13. The maximum absolute atomic E-state index is 12.0. The largest absolute Gasteiger partial charge is 0.748 e. The summed E-state index contributed by atoms with van der Waals surface area (Å²) < 4.78 is 55.7. The topological polar surface area (TPSA) is 103 Å². The molecule has 0 fully saturated rings. The zero-order valence-electron chi connectivity index (χ0n) is 11.9. The van der Waals surface area contributed by atoms with Crippen LogP contribution in [0, 0.1) is 0 Å². The van der Waals surface area contributed by atoms with E-state index in [1.165, 1.54) is 24.3 Å². The van der Waals surface area contributed by atoms with E-state index in [-0.39, 0.29) is 17.1 Å². The fourth-order valence-corrected chi connectivity index (χ4v) is 3.42. The van der Waals surface area contributed by atoms with Crippen molar-refractivity contribution in [2.24, 2.45) is 0 Å². The van der Waals surface area contributed by atoms with Crippen molar-refractivity contribution in [3.8, 4) is 0 Å². The van der Waals surface area contributed by atoms with E-state index in [9.17, 15) is 21.4 Å². The summed E-state index contributed by atoms with van der Waals surface area (Å²) in [5, 5.41) is 3.03. The van der Waals surface area contributed by atoms with Crippen LogP contribution in [0.2, 0.25) is 0 Å². The Bertz CT molecular complexity index is 636. The van der Waals surface area contributed by atoms with Gasteiger partial charge in [0.1, 0.15) is 0 Å². The highest BCUT2D eigenvalue weighted by atomic mass is 32.2. The number of hydrogen-bond acceptors (Lipinski definition) is 6. The van der Waals surface area contributed by atoms with Gasteiger partial charge in [0.25, 0.3) is 0 Å². The van der Waals surface area contributed by atoms with Gasteiger partial charge in [-0.05, 0) is 37.1 Å². The molecule has 0 aliphatic heterocycles. The molecule has 1 aromatic carbocycles. The average molecular weight is 334 g/mol. The first-order chi connectivity index (χ1) is 9.74. The summed E-state index contributed by atoms with van der Waals surface area (Å²) in [5.74, 6) is -0.471. The van der Waals surface area contributed by atoms with Crippen molar-refractivity contribution < 1.29 is 21.4 Å². The second-order valence-corrected chi connectivity index (χ2v) is 8.36. The van der Waals surface area contributed by atoms with Gasteiger partial charge in [-0.15, -0.1) is 0 Å². The summed E-state index contributed by atoms with van der Waals surface area (Å²) >= 11 is 0. The summed E-state index contributed by atoms with van der Waals surface area (Å²) in [5.41, 5.74) is 0.623. The van der Waals surface area contributed by atoms with E-state index in [4.69, 9.17) is 0 Å². The summed E-state index contributed by atoms with van der Waals surface area (Å²) in [4.78, 5) is 0.203. The van der Waals surface area contributed by atoms with Gasteiger partial charge in [-0.1, -0.05) is 19.1 Å². The molecule has 0 radical (unpaired) electrons. The third-order valence-electron chi connectivity index (χ3n) is 2.90. The van der Waals surface area contributed by atoms with Crippen molar-refractivity contribution in [1.29, 1.82) is 0 Å². The van der Waals surface area contributed by atoms with E-state index in [0.717, 1.165) is 13.0 Å². The Kier molecular flexibility index (Phi) is 6.79. The zero-order valence-corrected chi connectivity index (χ0v) is 13.5. The molecule has 0 heterocycles. The van der Waals surface area contributed by atoms with Gasteiger partial charge in [-0.25, -0.2) is 16.8 Å². The van der Waals surface area contributed by atoms with E-state index in [1.807, 2.05) is 6.92 Å². The molecule has 0 atom stereocenters. The molecule has 1 N–H and O–H groups in total. The summed E-state index contributed by atoms with van der Waals surface area (Å²) in [6, 6.07) is 5.97. The lowest BCUT2D eigenvalue weighted by Crippen LogP contribution is -2.23. The molecule has 6 nitrogen and oxygen atoms in total. The smallest absolute Gasteiger partial charge is 0.179 e. The lowest BCUT2D eigenvalue weighted by atomic mass is 10.2. The van der Waals surface area contributed by atoms with Crippen molar-refractivity contribution in [3.63, 3.8) is 0 Å². The molecule has 0 aromatic heterocycles. The second-order valence-electron chi connectivity index (χ2n) is 4.72. The average Bonchev–Trinajstić information content (AvgIpc) is 2.41. The van der Waals surface area contributed by atoms with Gasteiger partial charge < -0.3 is 9.87 Å². The van der Waals surface area contributed by atoms with Crippen LogP contribution in [-0.2, 0) is 26.4 Å². The van der Waals surface area contributed by atoms with E-state index in [2.05, 4.69) is 5.32 Å². The fourth-order valence-electron chi connectivity index (χ4n) is 1.73. The number of nitrogens with one attached hydrogen (secondary N) is 1. The zero-order chi connectivity index (χ0) is 15.9. The van der Waals surface area contributed by atoms with Crippen LogP contribution in [0.3, 0.4) is 0 Å². The first-order valence-corrected chi connectivity index (χ1v) is 9.93. The minimum Gasteiger partial charge on any atom is -0.748 e. The van der Waals surface area contributed by atoms with Crippen LogP contribution in [-0.4, -0.2) is 46.0 Å². The number of hydrogen-bond donors (Lipinski definition) is 1. The lowest BCUT2D eigenvalue weighted by Gasteiger charge is -2.08. The molecule has 120 valence electrons. The molecule has 0 unspecified atom stereocenters. The number of benzene rings is 1. The number of rotatable bonds is 9. The van der Waals surface area contributed by atoms with E-state index >= 15 is 0 Å². The molecule has 1 aromatic rings. The predicted molar refractivity (Wildman–Crippen MR) is 79.9 cm³/mol. The molecule has 21 heavy (non-hydrogen) atoms. The van der Waals surface area contributed by atoms with Gasteiger partial charge in [0.15, 0.2) is 9.84 Å². The Morgan fingerprint density at radius 1 is 1.00 bits per heavy atom. The van der Waals surface area contributed by atoms with Crippen LogP contribution < -0.4 is 5.32 Å². The van der Waals surface area contributed by atoms with Crippen molar-refractivity contribution in [2.75, 3.05) is 24.6 Å². The van der Waals surface area contributed by atoms with Crippen molar-refractivity contribution in [3.05, 3.63) is 29.8 Å². The standard InChI is InChI=1S/C13H21NO5S2/c1-2-8-14-9-11-20(15,16)13-5-3-12(4-6-13)7-10-21(17,18)19/h3-6,14H,2,7-11H2,1H3,(H,17,18,19)/p-1. The number of sulfone groups is 1. The summed E-state index contributed by atoms with van der Waals surface area (Å²) in [7, 11) is -7.60. The van der Waals surface area contributed by atoms with Crippen LogP contribution in [0.5, 0.6) is 0 Å². The lowest BCUT2D eigenvalue weighted by molar-refractivity contribution is 0.462. The van der Waals surface area contributed by atoms with Crippen molar-refractivity contribution in [2.45, 2.75) is 24.7 Å². The second kappa shape index (κ2) is 7.88. The molecular weight excluding hydrogens is 314 g/mol. The summed E-state index contributed by atoms with van der Waals surface area (Å²) in [6.07, 6.45) is 1.03. The number of aryl methyl sites for hydroxylation is 1. The van der Waals surface area contributed by atoms with E-state index in [1.54, 1.807) is 0 Å². The van der Waals surface area contributed by atoms with Crippen LogP contribution >= 0.6 is 0 Å². The molecule has 0 saturated heterocycles. The Balaban J connectivity index is 2.64. The highest BCUT2D eigenvalue weighted by molar-refractivity contribution is 7.91. The van der Waals surface area contributed by atoms with Gasteiger partial charge in [-0.3, -0.25) is 0 Å². The first-order valence-electron chi connectivity index (χ1n) is 6.70. The first kappa shape index (κ1) is 18.1. The normalized spacial score (nSPS) is 12.5. The molecule has 0 saturated carbocycles. The monoisotopic (exact) mass is 334 g/mol. The molecule has 0 spiro atoms. The minimum absolute atomic E-state index is 0.0152. The van der Waals surface area contributed by atoms with E-state index in [0.29, 0.717) is 12.1 Å². The fraction of sp³-hybridized carbons (Fsp3) is 0.538. The Labute approximate surface area is 126 Å². The quantitative estimate of drug-likeness (QED) is 0.522. The molecule has 0 amide bonds. The Hall–Kier alpha value is -0.960. The third-order valence-corrected chi connectivity index (χ3v) is 5.33. The molecule has 0 aliphatic rings. The molecule has 1 rings (SSSR count). The molecular formula is C13H20NO5S2-. The molecule has 0 bridgehead atoms. The minimum atomic E-state index is -4.25. The maximum Gasteiger partial charge on any atom is 0.179 e. The van der Waals surface area contributed by atoms with Crippen molar-refractivity contribution >= 4 is 20.0 Å². The van der Waals surface area contributed by atoms with Gasteiger partial charge in [0.05, 0.1) is 20.8 Å². The third kappa shape index (κ3) is 7.03. The van der Waals surface area contributed by atoms with E-state index < -0.39 is 25.7 Å². The Morgan fingerprint density at radius 2 is 1.62 bits per heavy atom. The van der Waals surface area contributed by atoms with Crippen LogP contribution in [0.1, 0.15) is 18.9 Å². The van der Waals surface area contributed by atoms with Gasteiger partial charge in [-0.2, -0.15) is 0 Å². The van der Waals surface area contributed by atoms with Gasteiger partial charge in [0.2, 0.25) is 0 Å². The van der Waals surface area contributed by atoms with Crippen LogP contribution in [0.4, 0.5) is 0 Å². The highest BCUT2D eigenvalue weighted by Gasteiger charge is 2.13. The van der Waals surface area contributed by atoms with Crippen LogP contribution in [0.25, 0.3) is 0 Å². The predicted octanol–water partition coefficient (Wildman–Crippen LogP) is 0.548. The van der Waals surface area contributed by atoms with Crippen LogP contribution in [0.15, 0.2) is 29.2 Å². The van der Waals surface area contributed by atoms with Crippen molar-refractivity contribution in [1.82, 2.24) is 5.32 Å².